The normalized spacial score (nSPS) is 11.0. The zero-order valence-electron chi connectivity index (χ0n) is 17.8. The molecule has 2 aromatic heterocycles. The lowest BCUT2D eigenvalue weighted by Crippen LogP contribution is -2.25. The van der Waals surface area contributed by atoms with Gasteiger partial charge in [-0.3, -0.25) is 4.79 Å². The van der Waals surface area contributed by atoms with E-state index in [4.69, 9.17) is 23.2 Å². The van der Waals surface area contributed by atoms with Gasteiger partial charge in [-0.25, -0.2) is 9.67 Å². The maximum absolute atomic E-state index is 12.7. The highest BCUT2D eigenvalue weighted by atomic mass is 35.5. The molecule has 164 valence electrons. The molecule has 1 N–H and O–H groups in total. The van der Waals surface area contributed by atoms with Gasteiger partial charge in [0.2, 0.25) is 5.91 Å². The summed E-state index contributed by atoms with van der Waals surface area (Å²) in [7, 11) is 0. The zero-order valence-corrected chi connectivity index (χ0v) is 19.4. The van der Waals surface area contributed by atoms with E-state index in [0.717, 1.165) is 40.3 Å². The monoisotopic (exact) mass is 467 g/mol. The predicted molar refractivity (Wildman–Crippen MR) is 126 cm³/mol. The number of imidazole rings is 1. The molecule has 0 fully saturated rings. The summed E-state index contributed by atoms with van der Waals surface area (Å²) in [5.74, 6) is -0.0574. The van der Waals surface area contributed by atoms with Crippen LogP contribution in [0.5, 0.6) is 0 Å². The summed E-state index contributed by atoms with van der Waals surface area (Å²) in [6.45, 7) is 5.04. The number of hydrogen-bond donors (Lipinski definition) is 1. The van der Waals surface area contributed by atoms with Crippen LogP contribution in [-0.4, -0.2) is 25.2 Å². The molecule has 0 spiro atoms. The van der Waals surface area contributed by atoms with Crippen molar-refractivity contribution in [3.63, 3.8) is 0 Å². The number of aryl methyl sites for hydroxylation is 1. The van der Waals surface area contributed by atoms with E-state index in [1.807, 2.05) is 42.8 Å². The number of aromatic nitrogens is 4. The van der Waals surface area contributed by atoms with Gasteiger partial charge in [-0.05, 0) is 43.2 Å². The lowest BCUT2D eigenvalue weighted by molar-refractivity contribution is -0.120. The van der Waals surface area contributed by atoms with Gasteiger partial charge in [0.15, 0.2) is 0 Å². The molecule has 0 saturated heterocycles. The van der Waals surface area contributed by atoms with Crippen molar-refractivity contribution in [2.45, 2.75) is 33.4 Å². The number of nitrogens with zero attached hydrogens (tertiary/aromatic N) is 4. The molecule has 0 aliphatic rings. The minimum atomic E-state index is -0.0574. The van der Waals surface area contributed by atoms with Crippen LogP contribution in [0.3, 0.4) is 0 Å². The van der Waals surface area contributed by atoms with E-state index in [9.17, 15) is 4.79 Å². The lowest BCUT2D eigenvalue weighted by atomic mass is 10.1. The molecule has 0 atom stereocenters. The summed E-state index contributed by atoms with van der Waals surface area (Å²) in [4.78, 5) is 16.8. The van der Waals surface area contributed by atoms with Crippen molar-refractivity contribution >= 4 is 29.1 Å². The van der Waals surface area contributed by atoms with E-state index >= 15 is 0 Å². The molecule has 0 saturated carbocycles. The zero-order chi connectivity index (χ0) is 22.7. The summed E-state index contributed by atoms with van der Waals surface area (Å²) in [6.07, 6.45) is 5.72. The predicted octanol–water partition coefficient (Wildman–Crippen LogP) is 4.90. The first-order valence-electron chi connectivity index (χ1n) is 10.2. The lowest BCUT2D eigenvalue weighted by Gasteiger charge is -2.09. The van der Waals surface area contributed by atoms with Crippen LogP contribution in [0.2, 0.25) is 10.0 Å². The van der Waals surface area contributed by atoms with Gasteiger partial charge >= 0.3 is 0 Å². The number of hydrogen-bond acceptors (Lipinski definition) is 3. The van der Waals surface area contributed by atoms with E-state index in [-0.39, 0.29) is 12.3 Å². The van der Waals surface area contributed by atoms with Crippen LogP contribution in [0.4, 0.5) is 0 Å². The maximum Gasteiger partial charge on any atom is 0.224 e. The second-order valence-electron chi connectivity index (χ2n) is 7.67. The standard InChI is InChI=1S/C24H23Cl2N5O/c1-16-21(17(2)31(29-16)23-7-6-20(25)11-22(23)26)12-24(32)28-13-18-4-3-5-19(10-18)14-30-9-8-27-15-30/h3-11,15H,12-14H2,1-2H3,(H,28,32). The largest absolute Gasteiger partial charge is 0.352 e. The molecule has 0 radical (unpaired) electrons. The van der Waals surface area contributed by atoms with Crippen molar-refractivity contribution in [2.24, 2.45) is 0 Å². The topological polar surface area (TPSA) is 64.7 Å². The molecule has 0 aliphatic heterocycles. The Morgan fingerprint density at radius 2 is 1.91 bits per heavy atom. The van der Waals surface area contributed by atoms with Crippen molar-refractivity contribution in [3.05, 3.63) is 99.3 Å². The van der Waals surface area contributed by atoms with E-state index in [2.05, 4.69) is 27.5 Å². The van der Waals surface area contributed by atoms with Crippen LogP contribution < -0.4 is 5.32 Å². The van der Waals surface area contributed by atoms with E-state index in [1.165, 1.54) is 0 Å². The van der Waals surface area contributed by atoms with Gasteiger partial charge in [-0.2, -0.15) is 5.10 Å². The average Bonchev–Trinajstić information content (AvgIpc) is 3.36. The minimum absolute atomic E-state index is 0.0574. The van der Waals surface area contributed by atoms with Crippen LogP contribution in [0, 0.1) is 13.8 Å². The molecule has 8 heteroatoms. The molecule has 2 heterocycles. The average molecular weight is 468 g/mol. The molecule has 0 aliphatic carbocycles. The van der Waals surface area contributed by atoms with Crippen LogP contribution in [0.25, 0.3) is 5.69 Å². The Kier molecular flexibility index (Phi) is 6.63. The van der Waals surface area contributed by atoms with Gasteiger partial charge in [0.25, 0.3) is 0 Å². The van der Waals surface area contributed by atoms with Crippen molar-refractivity contribution < 1.29 is 4.79 Å². The number of carbonyl (C=O) groups excluding carboxylic acids is 1. The smallest absolute Gasteiger partial charge is 0.224 e. The second-order valence-corrected chi connectivity index (χ2v) is 8.51. The van der Waals surface area contributed by atoms with Crippen LogP contribution in [0.1, 0.15) is 28.1 Å². The quantitative estimate of drug-likeness (QED) is 0.420. The van der Waals surface area contributed by atoms with Gasteiger partial charge in [-0.15, -0.1) is 0 Å². The Labute approximate surface area is 196 Å². The summed E-state index contributed by atoms with van der Waals surface area (Å²) in [5.41, 5.74) is 5.51. The summed E-state index contributed by atoms with van der Waals surface area (Å²) in [5, 5.41) is 8.68. The molecular formula is C24H23Cl2N5O. The highest BCUT2D eigenvalue weighted by molar-refractivity contribution is 6.35. The summed E-state index contributed by atoms with van der Waals surface area (Å²) in [6, 6.07) is 13.4. The van der Waals surface area contributed by atoms with Crippen molar-refractivity contribution in [1.29, 1.82) is 0 Å². The molecule has 0 bridgehead atoms. The Balaban J connectivity index is 1.42. The van der Waals surface area contributed by atoms with Crippen LogP contribution in [-0.2, 0) is 24.3 Å². The highest BCUT2D eigenvalue weighted by Crippen LogP contribution is 2.27. The Bertz CT molecular complexity index is 1250. The maximum atomic E-state index is 12.7. The van der Waals surface area contributed by atoms with Gasteiger partial charge in [0.05, 0.1) is 29.2 Å². The third-order valence-electron chi connectivity index (χ3n) is 5.32. The molecule has 0 unspecified atom stereocenters. The number of rotatable bonds is 7. The third kappa shape index (κ3) is 5.03. The Morgan fingerprint density at radius 1 is 1.09 bits per heavy atom. The second kappa shape index (κ2) is 9.59. The van der Waals surface area contributed by atoms with E-state index in [0.29, 0.717) is 16.6 Å². The van der Waals surface area contributed by atoms with Gasteiger partial charge < -0.3 is 9.88 Å². The first kappa shape index (κ1) is 22.1. The highest BCUT2D eigenvalue weighted by Gasteiger charge is 2.17. The first-order chi connectivity index (χ1) is 15.4. The van der Waals surface area contributed by atoms with E-state index < -0.39 is 0 Å². The van der Waals surface area contributed by atoms with Crippen molar-refractivity contribution in [1.82, 2.24) is 24.6 Å². The molecule has 6 nitrogen and oxygen atoms in total. The fraction of sp³-hybridized carbons (Fsp3) is 0.208. The summed E-state index contributed by atoms with van der Waals surface area (Å²) >= 11 is 12.4. The minimum Gasteiger partial charge on any atom is -0.352 e. The molecule has 4 aromatic rings. The van der Waals surface area contributed by atoms with Crippen molar-refractivity contribution in [3.8, 4) is 5.69 Å². The van der Waals surface area contributed by atoms with Gasteiger partial charge in [0.1, 0.15) is 0 Å². The molecule has 2 aromatic carbocycles. The molecule has 32 heavy (non-hydrogen) atoms. The number of amides is 1. The number of carbonyl (C=O) groups is 1. The van der Waals surface area contributed by atoms with Crippen LogP contribution >= 0.6 is 23.2 Å². The van der Waals surface area contributed by atoms with Crippen LogP contribution in [0.15, 0.2) is 61.2 Å². The van der Waals surface area contributed by atoms with Crippen molar-refractivity contribution in [2.75, 3.05) is 0 Å². The number of benzene rings is 2. The van der Waals surface area contributed by atoms with E-state index in [1.54, 1.807) is 29.3 Å². The number of halogens is 2. The first-order valence-corrected chi connectivity index (χ1v) is 11.0. The summed E-state index contributed by atoms with van der Waals surface area (Å²) < 4.78 is 3.77. The molecule has 1 amide bonds. The fourth-order valence-electron chi connectivity index (χ4n) is 3.67. The fourth-order valence-corrected chi connectivity index (χ4v) is 4.16. The van der Waals surface area contributed by atoms with Gasteiger partial charge in [0, 0.05) is 41.8 Å². The third-order valence-corrected chi connectivity index (χ3v) is 5.86. The molecular weight excluding hydrogens is 445 g/mol. The SMILES string of the molecule is Cc1nn(-c2ccc(Cl)cc2Cl)c(C)c1CC(=O)NCc1cccc(Cn2ccnc2)c1. The Morgan fingerprint density at radius 3 is 2.66 bits per heavy atom. The Hall–Kier alpha value is -3.09. The van der Waals surface area contributed by atoms with Gasteiger partial charge in [-0.1, -0.05) is 47.5 Å². The number of nitrogens with one attached hydrogen (secondary N) is 1. The molecule has 4 rings (SSSR count).